The highest BCUT2D eigenvalue weighted by molar-refractivity contribution is 7.14. The number of aromatic nitrogens is 2. The predicted octanol–water partition coefficient (Wildman–Crippen LogP) is 3.82. The van der Waals surface area contributed by atoms with E-state index in [0.29, 0.717) is 10.8 Å². The Balaban J connectivity index is 1.63. The molecule has 0 aliphatic carbocycles. The van der Waals surface area contributed by atoms with Gasteiger partial charge in [0.2, 0.25) is 11.8 Å². The van der Waals surface area contributed by atoms with Gasteiger partial charge in [-0.1, -0.05) is 18.2 Å². The number of anilines is 2. The van der Waals surface area contributed by atoms with Crippen molar-refractivity contribution in [3.63, 3.8) is 0 Å². The molecule has 0 unspecified atom stereocenters. The van der Waals surface area contributed by atoms with Crippen molar-refractivity contribution in [1.29, 1.82) is 0 Å². The molecular formula is C19H16N4O2S. The molecule has 2 N–H and O–H groups in total. The maximum Gasteiger partial charge on any atom is 0.250 e. The van der Waals surface area contributed by atoms with E-state index in [0.717, 1.165) is 16.9 Å². The fourth-order valence-electron chi connectivity index (χ4n) is 2.17. The lowest BCUT2D eigenvalue weighted by molar-refractivity contribution is -0.114. The zero-order valence-electron chi connectivity index (χ0n) is 14.0. The molecule has 26 heavy (non-hydrogen) atoms. The van der Waals surface area contributed by atoms with Crippen LogP contribution in [0.4, 0.5) is 10.8 Å². The largest absolute Gasteiger partial charge is 0.326 e. The summed E-state index contributed by atoms with van der Waals surface area (Å²) >= 11 is 1.35. The first-order valence-electron chi connectivity index (χ1n) is 7.84. The average molecular weight is 364 g/mol. The first kappa shape index (κ1) is 17.5. The average Bonchev–Trinajstić information content (AvgIpc) is 3.09. The number of carbonyl (C=O) groups excluding carboxylic acids is 2. The number of pyridine rings is 1. The summed E-state index contributed by atoms with van der Waals surface area (Å²) in [6.45, 7) is 1.46. The molecular weight excluding hydrogens is 348 g/mol. The lowest BCUT2D eigenvalue weighted by Gasteiger charge is -2.02. The molecule has 130 valence electrons. The maximum atomic E-state index is 12.0. The van der Waals surface area contributed by atoms with Gasteiger partial charge >= 0.3 is 0 Å². The third-order valence-corrected chi connectivity index (χ3v) is 4.09. The summed E-state index contributed by atoms with van der Waals surface area (Å²) in [6.07, 6.45) is 4.73. The van der Waals surface area contributed by atoms with Crippen molar-refractivity contribution in [3.8, 4) is 11.3 Å². The minimum absolute atomic E-state index is 0.116. The van der Waals surface area contributed by atoms with Crippen LogP contribution in [0.25, 0.3) is 17.3 Å². The maximum absolute atomic E-state index is 12.0. The highest BCUT2D eigenvalue weighted by Crippen LogP contribution is 2.26. The number of benzene rings is 1. The Bertz CT molecular complexity index is 934. The van der Waals surface area contributed by atoms with E-state index in [4.69, 9.17) is 0 Å². The van der Waals surface area contributed by atoms with Crippen LogP contribution in [0.2, 0.25) is 0 Å². The minimum atomic E-state index is -0.266. The summed E-state index contributed by atoms with van der Waals surface area (Å²) < 4.78 is 0. The van der Waals surface area contributed by atoms with Crippen LogP contribution in [0, 0.1) is 0 Å². The Morgan fingerprint density at radius 3 is 2.58 bits per heavy atom. The lowest BCUT2D eigenvalue weighted by Crippen LogP contribution is -2.07. The van der Waals surface area contributed by atoms with Crippen molar-refractivity contribution in [2.75, 3.05) is 10.6 Å². The Morgan fingerprint density at radius 2 is 1.88 bits per heavy atom. The standard InChI is InChI=1S/C19H16N4O2S/c1-13(24)21-16-7-5-14(6-8-16)17-12-26-19(22-17)23-18(25)10-9-15-4-2-3-11-20-15/h2-12H,1H3,(H,21,24)(H,22,23,25). The topological polar surface area (TPSA) is 84.0 Å². The van der Waals surface area contributed by atoms with Crippen molar-refractivity contribution >= 4 is 40.0 Å². The summed E-state index contributed by atoms with van der Waals surface area (Å²) in [7, 11) is 0. The van der Waals surface area contributed by atoms with Crippen molar-refractivity contribution in [3.05, 3.63) is 65.8 Å². The van der Waals surface area contributed by atoms with Crippen LogP contribution in [0.3, 0.4) is 0 Å². The smallest absolute Gasteiger partial charge is 0.250 e. The summed E-state index contributed by atoms with van der Waals surface area (Å²) in [5.74, 6) is -0.382. The molecule has 0 aliphatic heterocycles. The van der Waals surface area contributed by atoms with Crippen LogP contribution < -0.4 is 10.6 Å². The molecule has 0 saturated carbocycles. The zero-order chi connectivity index (χ0) is 18.4. The molecule has 0 spiro atoms. The van der Waals surface area contributed by atoms with Gasteiger partial charge in [0, 0.05) is 35.8 Å². The molecule has 3 rings (SSSR count). The number of nitrogens with one attached hydrogen (secondary N) is 2. The Morgan fingerprint density at radius 1 is 1.08 bits per heavy atom. The molecule has 1 aromatic carbocycles. The van der Waals surface area contributed by atoms with Crippen LogP contribution in [-0.2, 0) is 9.59 Å². The molecule has 0 bridgehead atoms. The van der Waals surface area contributed by atoms with Gasteiger partial charge in [-0.2, -0.15) is 0 Å². The molecule has 2 aromatic heterocycles. The van der Waals surface area contributed by atoms with Crippen LogP contribution in [0.5, 0.6) is 0 Å². The van der Waals surface area contributed by atoms with Crippen molar-refractivity contribution in [1.82, 2.24) is 9.97 Å². The van der Waals surface area contributed by atoms with Gasteiger partial charge < -0.3 is 5.32 Å². The van der Waals surface area contributed by atoms with Gasteiger partial charge in [0.25, 0.3) is 0 Å². The number of nitrogens with zero attached hydrogens (tertiary/aromatic N) is 2. The van der Waals surface area contributed by atoms with E-state index >= 15 is 0 Å². The molecule has 2 heterocycles. The van der Waals surface area contributed by atoms with Crippen LogP contribution in [-0.4, -0.2) is 21.8 Å². The highest BCUT2D eigenvalue weighted by atomic mass is 32.1. The van der Waals surface area contributed by atoms with E-state index in [-0.39, 0.29) is 11.8 Å². The lowest BCUT2D eigenvalue weighted by atomic mass is 10.1. The van der Waals surface area contributed by atoms with Gasteiger partial charge in [0.1, 0.15) is 0 Å². The quantitative estimate of drug-likeness (QED) is 0.674. The van der Waals surface area contributed by atoms with Gasteiger partial charge in [-0.15, -0.1) is 11.3 Å². The summed E-state index contributed by atoms with van der Waals surface area (Å²) in [4.78, 5) is 31.6. The van der Waals surface area contributed by atoms with Gasteiger partial charge in [-0.25, -0.2) is 4.98 Å². The van der Waals surface area contributed by atoms with E-state index in [1.54, 1.807) is 12.3 Å². The molecule has 3 aromatic rings. The monoisotopic (exact) mass is 364 g/mol. The van der Waals surface area contributed by atoms with Crippen molar-refractivity contribution < 1.29 is 9.59 Å². The van der Waals surface area contributed by atoms with Gasteiger partial charge in [0.15, 0.2) is 5.13 Å². The number of hydrogen-bond acceptors (Lipinski definition) is 5. The Labute approximate surface area is 154 Å². The van der Waals surface area contributed by atoms with Crippen LogP contribution in [0.15, 0.2) is 60.1 Å². The van der Waals surface area contributed by atoms with Crippen LogP contribution >= 0.6 is 11.3 Å². The second-order valence-electron chi connectivity index (χ2n) is 5.37. The highest BCUT2D eigenvalue weighted by Gasteiger charge is 2.07. The fourth-order valence-corrected chi connectivity index (χ4v) is 2.90. The van der Waals surface area contributed by atoms with Crippen LogP contribution in [0.1, 0.15) is 12.6 Å². The number of rotatable bonds is 5. The molecule has 0 saturated heterocycles. The zero-order valence-corrected chi connectivity index (χ0v) is 14.8. The normalized spacial score (nSPS) is 10.7. The molecule has 0 atom stereocenters. The molecule has 6 nitrogen and oxygen atoms in total. The second-order valence-corrected chi connectivity index (χ2v) is 6.23. The van der Waals surface area contributed by atoms with Gasteiger partial charge in [-0.05, 0) is 30.3 Å². The number of hydrogen-bond donors (Lipinski definition) is 2. The Kier molecular flexibility index (Phi) is 5.50. The summed E-state index contributed by atoms with van der Waals surface area (Å²) in [5.41, 5.74) is 3.10. The molecule has 0 radical (unpaired) electrons. The first-order chi connectivity index (χ1) is 12.6. The molecule has 2 amide bonds. The summed E-state index contributed by atoms with van der Waals surface area (Å²) in [5, 5.41) is 7.83. The summed E-state index contributed by atoms with van der Waals surface area (Å²) in [6, 6.07) is 12.8. The molecule has 0 fully saturated rings. The van der Waals surface area contributed by atoms with E-state index in [1.807, 2.05) is 47.8 Å². The molecule has 7 heteroatoms. The second kappa shape index (κ2) is 8.17. The number of carbonyl (C=O) groups is 2. The van der Waals surface area contributed by atoms with Crippen molar-refractivity contribution in [2.45, 2.75) is 6.92 Å². The fraction of sp³-hybridized carbons (Fsp3) is 0.0526. The third-order valence-electron chi connectivity index (χ3n) is 3.33. The third kappa shape index (κ3) is 4.84. The molecule has 0 aliphatic rings. The van der Waals surface area contributed by atoms with E-state index in [9.17, 15) is 9.59 Å². The minimum Gasteiger partial charge on any atom is -0.326 e. The van der Waals surface area contributed by atoms with E-state index in [2.05, 4.69) is 20.6 Å². The van der Waals surface area contributed by atoms with Crippen molar-refractivity contribution in [2.24, 2.45) is 0 Å². The first-order valence-corrected chi connectivity index (χ1v) is 8.72. The SMILES string of the molecule is CC(=O)Nc1ccc(-c2csc(NC(=O)C=Cc3ccccn3)n2)cc1. The van der Waals surface area contributed by atoms with Gasteiger partial charge in [0.05, 0.1) is 11.4 Å². The predicted molar refractivity (Wildman–Crippen MR) is 104 cm³/mol. The number of thiazole rings is 1. The van der Waals surface area contributed by atoms with E-state index < -0.39 is 0 Å². The van der Waals surface area contributed by atoms with E-state index in [1.165, 1.54) is 24.3 Å². The Hall–Kier alpha value is -3.32. The number of amides is 2. The van der Waals surface area contributed by atoms with Gasteiger partial charge in [-0.3, -0.25) is 19.9 Å².